The zero-order valence-electron chi connectivity index (χ0n) is 10.7. The van der Waals surface area contributed by atoms with Gasteiger partial charge in [-0.05, 0) is 13.3 Å². The highest BCUT2D eigenvalue weighted by molar-refractivity contribution is 5.87. The maximum absolute atomic E-state index is 11.6. The van der Waals surface area contributed by atoms with Gasteiger partial charge in [-0.1, -0.05) is 6.92 Å². The molecule has 98 valence electrons. The quantitative estimate of drug-likeness (QED) is 0.762. The van der Waals surface area contributed by atoms with Crippen LogP contribution in [0.3, 0.4) is 0 Å². The number of carboxylic acids is 1. The number of nitrogens with zero attached hydrogens (tertiary/aromatic N) is 1. The minimum Gasteiger partial charge on any atom is -0.479 e. The predicted octanol–water partition coefficient (Wildman–Crippen LogP) is 1.27. The molecule has 0 unspecified atom stereocenters. The fourth-order valence-electron chi connectivity index (χ4n) is 2.45. The van der Waals surface area contributed by atoms with Gasteiger partial charge in [0.15, 0.2) is 0 Å². The summed E-state index contributed by atoms with van der Waals surface area (Å²) in [6, 6.07) is 0. The van der Waals surface area contributed by atoms with Crippen molar-refractivity contribution in [3.05, 3.63) is 0 Å². The average molecular weight is 243 g/mol. The maximum Gasteiger partial charge on any atom is 0.329 e. The van der Waals surface area contributed by atoms with Crippen LogP contribution in [-0.4, -0.2) is 46.7 Å². The fraction of sp³-hybridized carbons (Fsp3) is 0.833. The van der Waals surface area contributed by atoms with Gasteiger partial charge in [0.05, 0.1) is 6.10 Å². The van der Waals surface area contributed by atoms with E-state index in [9.17, 15) is 14.7 Å². The Morgan fingerprint density at radius 1 is 1.41 bits per heavy atom. The first-order chi connectivity index (χ1) is 7.97. The molecule has 0 aromatic heterocycles. The van der Waals surface area contributed by atoms with Crippen LogP contribution in [0.2, 0.25) is 0 Å². The van der Waals surface area contributed by atoms with Crippen molar-refractivity contribution in [2.24, 2.45) is 0 Å². The molecule has 0 bridgehead atoms. The zero-order chi connectivity index (χ0) is 13.1. The van der Waals surface area contributed by atoms with Gasteiger partial charge in [-0.2, -0.15) is 0 Å². The summed E-state index contributed by atoms with van der Waals surface area (Å²) in [6.45, 7) is 6.31. The average Bonchev–Trinajstić information content (AvgIpc) is 2.19. The highest BCUT2D eigenvalue weighted by Gasteiger charge is 2.55. The molecule has 0 saturated heterocycles. The van der Waals surface area contributed by atoms with Gasteiger partial charge in [-0.15, -0.1) is 0 Å². The Kier molecular flexibility index (Phi) is 4.51. The van der Waals surface area contributed by atoms with Crippen molar-refractivity contribution in [2.45, 2.75) is 51.7 Å². The summed E-state index contributed by atoms with van der Waals surface area (Å²) in [4.78, 5) is 24.5. The van der Waals surface area contributed by atoms with Gasteiger partial charge in [0.25, 0.3) is 0 Å². The lowest BCUT2D eigenvalue weighted by molar-refractivity contribution is -0.178. The number of rotatable bonds is 6. The summed E-state index contributed by atoms with van der Waals surface area (Å²) in [5.41, 5.74) is -1.04. The Morgan fingerprint density at radius 3 is 2.35 bits per heavy atom. The van der Waals surface area contributed by atoms with Gasteiger partial charge in [-0.3, -0.25) is 4.79 Å². The van der Waals surface area contributed by atoms with E-state index >= 15 is 0 Å². The van der Waals surface area contributed by atoms with Crippen LogP contribution >= 0.6 is 0 Å². The van der Waals surface area contributed by atoms with Crippen LogP contribution in [0.25, 0.3) is 0 Å². The van der Waals surface area contributed by atoms with Crippen LogP contribution in [0.5, 0.6) is 0 Å². The molecular weight excluding hydrogens is 222 g/mol. The third kappa shape index (κ3) is 2.60. The Bertz CT molecular complexity index is 297. The molecule has 1 saturated carbocycles. The van der Waals surface area contributed by atoms with Gasteiger partial charge < -0.3 is 14.7 Å². The first kappa shape index (κ1) is 14.0. The lowest BCUT2D eigenvalue weighted by Crippen LogP contribution is -2.66. The lowest BCUT2D eigenvalue weighted by Gasteiger charge is -2.50. The third-order valence-electron chi connectivity index (χ3n) is 3.28. The molecule has 0 aromatic carbocycles. The highest BCUT2D eigenvalue weighted by Crippen LogP contribution is 2.40. The van der Waals surface area contributed by atoms with E-state index in [2.05, 4.69) is 0 Å². The summed E-state index contributed by atoms with van der Waals surface area (Å²) < 4.78 is 5.39. The molecular formula is C12H21NO4. The molecule has 0 aromatic rings. The van der Waals surface area contributed by atoms with E-state index in [1.807, 2.05) is 13.8 Å². The Hall–Kier alpha value is -1.10. The molecule has 0 radical (unpaired) electrons. The van der Waals surface area contributed by atoms with E-state index < -0.39 is 11.5 Å². The standard InChI is InChI=1S/C12H21NO4/c1-4-6-13(9(3)14)12(11(15)16)7-10(8-12)17-5-2/h10H,4-8H2,1-3H3,(H,15,16). The highest BCUT2D eigenvalue weighted by atomic mass is 16.5. The second-order valence-corrected chi connectivity index (χ2v) is 4.49. The van der Waals surface area contributed by atoms with Crippen LogP contribution in [-0.2, 0) is 14.3 Å². The van der Waals surface area contributed by atoms with Crippen molar-refractivity contribution < 1.29 is 19.4 Å². The van der Waals surface area contributed by atoms with Crippen LogP contribution in [0, 0.1) is 0 Å². The largest absolute Gasteiger partial charge is 0.479 e. The summed E-state index contributed by atoms with van der Waals surface area (Å²) >= 11 is 0. The van der Waals surface area contributed by atoms with Gasteiger partial charge in [0, 0.05) is 32.9 Å². The summed E-state index contributed by atoms with van der Waals surface area (Å²) in [6.07, 6.45) is 1.52. The molecule has 1 aliphatic carbocycles. The molecule has 5 heteroatoms. The normalized spacial score (nSPS) is 27.4. The minimum atomic E-state index is -1.04. The van der Waals surface area contributed by atoms with Crippen molar-refractivity contribution in [3.8, 4) is 0 Å². The Morgan fingerprint density at radius 2 is 2.00 bits per heavy atom. The van der Waals surface area contributed by atoms with Gasteiger partial charge in [0.2, 0.25) is 5.91 Å². The maximum atomic E-state index is 11.6. The third-order valence-corrected chi connectivity index (χ3v) is 3.28. The second-order valence-electron chi connectivity index (χ2n) is 4.49. The first-order valence-electron chi connectivity index (χ1n) is 6.11. The number of amides is 1. The number of aliphatic carboxylic acids is 1. The zero-order valence-corrected chi connectivity index (χ0v) is 10.7. The van der Waals surface area contributed by atoms with Crippen molar-refractivity contribution in [2.75, 3.05) is 13.2 Å². The van der Waals surface area contributed by atoms with Crippen LogP contribution in [0.4, 0.5) is 0 Å². The van der Waals surface area contributed by atoms with Crippen molar-refractivity contribution >= 4 is 11.9 Å². The van der Waals surface area contributed by atoms with Gasteiger partial charge in [0.1, 0.15) is 5.54 Å². The number of ether oxygens (including phenoxy) is 1. The molecule has 0 aliphatic heterocycles. The molecule has 1 fully saturated rings. The fourth-order valence-corrected chi connectivity index (χ4v) is 2.45. The molecule has 5 nitrogen and oxygen atoms in total. The minimum absolute atomic E-state index is 0.0326. The molecule has 1 N–H and O–H groups in total. The summed E-state index contributed by atoms with van der Waals surface area (Å²) in [5.74, 6) is -1.10. The number of carbonyl (C=O) groups is 2. The molecule has 0 spiro atoms. The Labute approximate surface area is 102 Å². The van der Waals surface area contributed by atoms with E-state index in [-0.39, 0.29) is 12.0 Å². The predicted molar refractivity (Wildman–Crippen MR) is 62.7 cm³/mol. The van der Waals surface area contributed by atoms with E-state index in [0.29, 0.717) is 26.0 Å². The molecule has 17 heavy (non-hydrogen) atoms. The summed E-state index contributed by atoms with van der Waals surface area (Å²) in [7, 11) is 0. The van der Waals surface area contributed by atoms with Crippen molar-refractivity contribution in [1.82, 2.24) is 4.90 Å². The van der Waals surface area contributed by atoms with Crippen molar-refractivity contribution in [1.29, 1.82) is 0 Å². The van der Waals surface area contributed by atoms with Gasteiger partial charge >= 0.3 is 5.97 Å². The SMILES string of the molecule is CCCN(C(C)=O)C1(C(=O)O)CC(OCC)C1. The van der Waals surface area contributed by atoms with Crippen LogP contribution in [0.1, 0.15) is 40.0 Å². The molecule has 1 amide bonds. The molecule has 1 aliphatic rings. The molecule has 0 heterocycles. The first-order valence-corrected chi connectivity index (χ1v) is 6.11. The Balaban J connectivity index is 2.79. The van der Waals surface area contributed by atoms with Crippen LogP contribution in [0.15, 0.2) is 0 Å². The van der Waals surface area contributed by atoms with Crippen LogP contribution < -0.4 is 0 Å². The van der Waals surface area contributed by atoms with E-state index in [0.717, 1.165) is 6.42 Å². The van der Waals surface area contributed by atoms with Crippen molar-refractivity contribution in [3.63, 3.8) is 0 Å². The number of hydrogen-bond donors (Lipinski definition) is 1. The van der Waals surface area contributed by atoms with E-state index in [1.165, 1.54) is 11.8 Å². The topological polar surface area (TPSA) is 66.8 Å². The molecule has 1 rings (SSSR count). The van der Waals surface area contributed by atoms with E-state index in [4.69, 9.17) is 4.74 Å². The number of hydrogen-bond acceptors (Lipinski definition) is 3. The smallest absolute Gasteiger partial charge is 0.329 e. The monoisotopic (exact) mass is 243 g/mol. The van der Waals surface area contributed by atoms with E-state index in [1.54, 1.807) is 0 Å². The number of carboxylic acid groups (broad SMARTS) is 1. The van der Waals surface area contributed by atoms with Gasteiger partial charge in [-0.25, -0.2) is 4.79 Å². The second kappa shape index (κ2) is 5.49. The summed E-state index contributed by atoms with van der Waals surface area (Å²) in [5, 5.41) is 9.37. The number of carbonyl (C=O) groups excluding carboxylic acids is 1. The lowest BCUT2D eigenvalue weighted by atomic mass is 9.72. The molecule has 0 atom stereocenters.